The van der Waals surface area contributed by atoms with Gasteiger partial charge in [-0.25, -0.2) is 4.98 Å². The molecule has 0 bridgehead atoms. The summed E-state index contributed by atoms with van der Waals surface area (Å²) in [7, 11) is 1.82. The highest BCUT2D eigenvalue weighted by Gasteiger charge is 2.18. The first-order valence-electron chi connectivity index (χ1n) is 9.53. The molecule has 0 saturated carbocycles. The number of thiazole rings is 1. The summed E-state index contributed by atoms with van der Waals surface area (Å²) in [5.41, 5.74) is 1.20. The lowest BCUT2D eigenvalue weighted by molar-refractivity contribution is 0.159. The van der Waals surface area contributed by atoms with Crippen LogP contribution in [0.25, 0.3) is 0 Å². The predicted octanol–water partition coefficient (Wildman–Crippen LogP) is 3.99. The van der Waals surface area contributed by atoms with Crippen LogP contribution in [-0.4, -0.2) is 48.6 Å². The number of aliphatic imine (C=N–C) groups is 1. The third-order valence-electron chi connectivity index (χ3n) is 4.71. The van der Waals surface area contributed by atoms with E-state index in [-0.39, 0.29) is 29.4 Å². The summed E-state index contributed by atoms with van der Waals surface area (Å²) in [6.45, 7) is 13.1. The average Bonchev–Trinajstić information content (AvgIpc) is 3.05. The molecule has 2 heterocycles. The molecule has 5 nitrogen and oxygen atoms in total. The maximum atomic E-state index is 4.72. The van der Waals surface area contributed by atoms with E-state index in [1.807, 2.05) is 7.05 Å². The zero-order valence-corrected chi connectivity index (χ0v) is 20.1. The minimum absolute atomic E-state index is 0. The molecule has 1 atom stereocenters. The van der Waals surface area contributed by atoms with Crippen molar-refractivity contribution in [3.63, 3.8) is 0 Å². The van der Waals surface area contributed by atoms with Crippen LogP contribution in [0.1, 0.15) is 64.1 Å². The minimum atomic E-state index is 0. The van der Waals surface area contributed by atoms with Crippen LogP contribution in [0.2, 0.25) is 0 Å². The Hall–Kier alpha value is -0.410. The Morgan fingerprint density at radius 2 is 2.12 bits per heavy atom. The highest BCUT2D eigenvalue weighted by Crippen LogP contribution is 2.25. The van der Waals surface area contributed by atoms with Crippen molar-refractivity contribution in [2.45, 2.75) is 71.4 Å². The largest absolute Gasteiger partial charge is 0.356 e. The molecule has 2 N–H and O–H groups in total. The van der Waals surface area contributed by atoms with Crippen molar-refractivity contribution in [2.24, 2.45) is 4.99 Å². The molecule has 1 aliphatic heterocycles. The van der Waals surface area contributed by atoms with E-state index in [1.54, 1.807) is 11.3 Å². The number of nitrogens with zero attached hydrogens (tertiary/aromatic N) is 3. The van der Waals surface area contributed by atoms with Gasteiger partial charge in [-0.3, -0.25) is 4.99 Å². The Labute approximate surface area is 180 Å². The van der Waals surface area contributed by atoms with Crippen molar-refractivity contribution in [3.05, 3.63) is 16.1 Å². The Balaban J connectivity index is 0.00000338. The van der Waals surface area contributed by atoms with Gasteiger partial charge in [0.25, 0.3) is 0 Å². The van der Waals surface area contributed by atoms with Gasteiger partial charge in [0.05, 0.1) is 17.2 Å². The van der Waals surface area contributed by atoms with Gasteiger partial charge in [0.15, 0.2) is 5.96 Å². The molecule has 1 aromatic rings. The molecular weight excluding hydrogens is 457 g/mol. The van der Waals surface area contributed by atoms with Crippen molar-refractivity contribution >= 4 is 41.3 Å². The van der Waals surface area contributed by atoms with Crippen LogP contribution in [0.5, 0.6) is 0 Å². The first kappa shape index (κ1) is 23.6. The molecular formula is C19H36IN5S. The van der Waals surface area contributed by atoms with Gasteiger partial charge in [0.1, 0.15) is 0 Å². The third kappa shape index (κ3) is 7.68. The van der Waals surface area contributed by atoms with Crippen molar-refractivity contribution in [1.82, 2.24) is 20.5 Å². The second-order valence-electron chi connectivity index (χ2n) is 7.98. The molecule has 0 aromatic carbocycles. The number of halogens is 1. The van der Waals surface area contributed by atoms with E-state index in [2.05, 4.69) is 53.6 Å². The minimum Gasteiger partial charge on any atom is -0.356 e. The molecule has 0 spiro atoms. The van der Waals surface area contributed by atoms with Gasteiger partial charge in [-0.1, -0.05) is 27.2 Å². The number of likely N-dealkylation sites (tertiary alicyclic amines) is 1. The van der Waals surface area contributed by atoms with Gasteiger partial charge < -0.3 is 15.5 Å². The van der Waals surface area contributed by atoms with E-state index < -0.39 is 0 Å². The van der Waals surface area contributed by atoms with Crippen molar-refractivity contribution in [1.29, 1.82) is 0 Å². The van der Waals surface area contributed by atoms with Crippen LogP contribution in [0.15, 0.2) is 10.4 Å². The fraction of sp³-hybridized carbons (Fsp3) is 0.789. The van der Waals surface area contributed by atoms with Crippen LogP contribution < -0.4 is 10.6 Å². The summed E-state index contributed by atoms with van der Waals surface area (Å²) in [6, 6.07) is 0.743. The molecule has 150 valence electrons. The fourth-order valence-corrected chi connectivity index (χ4v) is 4.01. The fourth-order valence-electron chi connectivity index (χ4n) is 3.11. The summed E-state index contributed by atoms with van der Waals surface area (Å²) in [5, 5.41) is 10.1. The van der Waals surface area contributed by atoms with E-state index in [4.69, 9.17) is 4.98 Å². The van der Waals surface area contributed by atoms with Crippen LogP contribution in [-0.2, 0) is 12.0 Å². The van der Waals surface area contributed by atoms with E-state index in [0.717, 1.165) is 37.2 Å². The monoisotopic (exact) mass is 493 g/mol. The Kier molecular flexibility index (Phi) is 10.4. The normalized spacial score (nSPS) is 19.1. The zero-order chi connectivity index (χ0) is 18.3. The molecule has 1 aliphatic rings. The van der Waals surface area contributed by atoms with Crippen LogP contribution in [0, 0.1) is 0 Å². The maximum Gasteiger partial charge on any atom is 0.191 e. The van der Waals surface area contributed by atoms with E-state index >= 15 is 0 Å². The summed E-state index contributed by atoms with van der Waals surface area (Å²) in [6.07, 6.45) is 5.24. The molecule has 26 heavy (non-hydrogen) atoms. The molecule has 1 fully saturated rings. The number of nitrogens with one attached hydrogen (secondary N) is 2. The Morgan fingerprint density at radius 3 is 2.73 bits per heavy atom. The molecule has 1 unspecified atom stereocenters. The van der Waals surface area contributed by atoms with Crippen molar-refractivity contribution in [2.75, 3.05) is 26.7 Å². The SMILES string of the molecule is CN=C(NCCCN1CCCCC1C)NCc1csc(C(C)(C)C)n1.I. The second-order valence-corrected chi connectivity index (χ2v) is 8.84. The van der Waals surface area contributed by atoms with Gasteiger partial charge in [-0.05, 0) is 32.7 Å². The van der Waals surface area contributed by atoms with E-state index in [0.29, 0.717) is 0 Å². The van der Waals surface area contributed by atoms with E-state index in [9.17, 15) is 0 Å². The first-order chi connectivity index (χ1) is 11.9. The maximum absolute atomic E-state index is 4.72. The highest BCUT2D eigenvalue weighted by molar-refractivity contribution is 14.0. The van der Waals surface area contributed by atoms with E-state index in [1.165, 1.54) is 37.4 Å². The number of aromatic nitrogens is 1. The van der Waals surface area contributed by atoms with Gasteiger partial charge in [0.2, 0.25) is 0 Å². The average molecular weight is 494 g/mol. The number of hydrogen-bond acceptors (Lipinski definition) is 4. The lowest BCUT2D eigenvalue weighted by atomic mass is 9.98. The number of hydrogen-bond donors (Lipinski definition) is 2. The molecule has 0 radical (unpaired) electrons. The standard InChI is InChI=1S/C19H35N5S.HI/c1-15-9-6-7-11-24(15)12-8-10-21-18(20-5)22-13-16-14-25-17(23-16)19(2,3)4;/h14-15H,6-13H2,1-5H3,(H2,20,21,22);1H. The smallest absolute Gasteiger partial charge is 0.191 e. The summed E-state index contributed by atoms with van der Waals surface area (Å²) in [4.78, 5) is 11.7. The van der Waals surface area contributed by atoms with Crippen LogP contribution in [0.3, 0.4) is 0 Å². The number of guanidine groups is 1. The highest BCUT2D eigenvalue weighted by atomic mass is 127. The quantitative estimate of drug-likeness (QED) is 0.273. The number of piperidine rings is 1. The molecule has 0 aliphatic carbocycles. The predicted molar refractivity (Wildman–Crippen MR) is 124 cm³/mol. The topological polar surface area (TPSA) is 52.6 Å². The molecule has 0 amide bonds. The Bertz CT molecular complexity index is 552. The summed E-state index contributed by atoms with van der Waals surface area (Å²) < 4.78 is 0. The van der Waals surface area contributed by atoms with Crippen LogP contribution >= 0.6 is 35.3 Å². The molecule has 1 saturated heterocycles. The summed E-state index contributed by atoms with van der Waals surface area (Å²) in [5.74, 6) is 0.858. The first-order valence-corrected chi connectivity index (χ1v) is 10.4. The van der Waals surface area contributed by atoms with Crippen LogP contribution in [0.4, 0.5) is 0 Å². The third-order valence-corrected chi connectivity index (χ3v) is 6.03. The van der Waals surface area contributed by atoms with Crippen molar-refractivity contribution in [3.8, 4) is 0 Å². The Morgan fingerprint density at radius 1 is 1.35 bits per heavy atom. The second kappa shape index (κ2) is 11.4. The van der Waals surface area contributed by atoms with Gasteiger partial charge in [0, 0.05) is 37.0 Å². The molecule has 2 rings (SSSR count). The van der Waals surface area contributed by atoms with Gasteiger partial charge in [-0.2, -0.15) is 0 Å². The lowest BCUT2D eigenvalue weighted by Gasteiger charge is -2.33. The molecule has 7 heteroatoms. The van der Waals surface area contributed by atoms with Gasteiger partial charge >= 0.3 is 0 Å². The lowest BCUT2D eigenvalue weighted by Crippen LogP contribution is -2.41. The summed E-state index contributed by atoms with van der Waals surface area (Å²) >= 11 is 1.74. The van der Waals surface area contributed by atoms with Crippen molar-refractivity contribution < 1.29 is 0 Å². The zero-order valence-electron chi connectivity index (χ0n) is 17.0. The molecule has 1 aromatic heterocycles. The van der Waals surface area contributed by atoms with Gasteiger partial charge in [-0.15, -0.1) is 35.3 Å². The number of rotatable bonds is 6.